The van der Waals surface area contributed by atoms with E-state index in [2.05, 4.69) is 19.1 Å². The van der Waals surface area contributed by atoms with Crippen molar-refractivity contribution in [2.24, 2.45) is 5.41 Å². The molecule has 0 aromatic carbocycles. The first-order chi connectivity index (χ1) is 4.27. The summed E-state index contributed by atoms with van der Waals surface area (Å²) in [6.45, 7) is 7.55. The third kappa shape index (κ3) is 1.32. The second kappa shape index (κ2) is 2.22. The molecule has 0 spiro atoms. The Labute approximate surface area is 56.6 Å². The van der Waals surface area contributed by atoms with Gasteiger partial charge in [0, 0.05) is 5.41 Å². The molecule has 1 aliphatic carbocycles. The lowest BCUT2D eigenvalue weighted by molar-refractivity contribution is 0.557. The number of hydrogen-bond acceptors (Lipinski definition) is 0. The van der Waals surface area contributed by atoms with Crippen LogP contribution in [0.3, 0.4) is 0 Å². The fourth-order valence-corrected chi connectivity index (χ4v) is 0.868. The quantitative estimate of drug-likeness (QED) is 0.497. The van der Waals surface area contributed by atoms with Gasteiger partial charge in [-0.1, -0.05) is 43.9 Å². The Balaban J connectivity index is 2.73. The van der Waals surface area contributed by atoms with E-state index in [0.29, 0.717) is 0 Å². The molecule has 0 N–H and O–H groups in total. The highest BCUT2D eigenvalue weighted by molar-refractivity contribution is 5.19. The Kier molecular flexibility index (Phi) is 1.56. The summed E-state index contributed by atoms with van der Waals surface area (Å²) in [6, 6.07) is 0. The molecule has 9 heavy (non-hydrogen) atoms. The predicted molar refractivity (Wildman–Crippen MR) is 39.9 cm³/mol. The minimum atomic E-state index is 0.106. The zero-order valence-electron chi connectivity index (χ0n) is 5.67. The molecule has 0 amide bonds. The van der Waals surface area contributed by atoms with E-state index < -0.39 is 0 Å². The van der Waals surface area contributed by atoms with Crippen LogP contribution in [-0.4, -0.2) is 0 Å². The van der Waals surface area contributed by atoms with Crippen LogP contribution in [0.1, 0.15) is 13.3 Å². The molecule has 0 saturated carbocycles. The molecule has 1 rings (SSSR count). The van der Waals surface area contributed by atoms with E-state index in [-0.39, 0.29) is 5.41 Å². The summed E-state index contributed by atoms with van der Waals surface area (Å²) in [7, 11) is 0. The second-order valence-corrected chi connectivity index (χ2v) is 2.66. The first-order valence-electron chi connectivity index (χ1n) is 3.17. The van der Waals surface area contributed by atoms with Crippen LogP contribution in [0, 0.1) is 12.0 Å². The van der Waals surface area contributed by atoms with E-state index >= 15 is 0 Å². The van der Waals surface area contributed by atoms with Crippen molar-refractivity contribution in [1.82, 2.24) is 0 Å². The second-order valence-electron chi connectivity index (χ2n) is 2.66. The third-order valence-corrected chi connectivity index (χ3v) is 1.66. The van der Waals surface area contributed by atoms with Crippen molar-refractivity contribution in [3.63, 3.8) is 0 Å². The van der Waals surface area contributed by atoms with Crippen LogP contribution in [0.5, 0.6) is 0 Å². The van der Waals surface area contributed by atoms with Gasteiger partial charge in [0.15, 0.2) is 0 Å². The summed E-state index contributed by atoms with van der Waals surface area (Å²) in [5.74, 6) is 0. The Morgan fingerprint density at radius 3 is 2.67 bits per heavy atom. The summed E-state index contributed by atoms with van der Waals surface area (Å²) in [6.07, 6.45) is 11.1. The van der Waals surface area contributed by atoms with Crippen molar-refractivity contribution in [3.8, 4) is 0 Å². The van der Waals surface area contributed by atoms with Gasteiger partial charge in [0.2, 0.25) is 0 Å². The van der Waals surface area contributed by atoms with E-state index in [1.54, 1.807) is 6.08 Å². The van der Waals surface area contributed by atoms with Crippen LogP contribution < -0.4 is 0 Å². The fraction of sp³-hybridized carbons (Fsp3) is 0.333. The van der Waals surface area contributed by atoms with E-state index in [1.165, 1.54) is 0 Å². The first kappa shape index (κ1) is 6.34. The smallest absolute Gasteiger partial charge is 0.00734 e. The van der Waals surface area contributed by atoms with Crippen molar-refractivity contribution in [2.45, 2.75) is 13.3 Å². The van der Waals surface area contributed by atoms with Crippen LogP contribution in [0.25, 0.3) is 0 Å². The maximum atomic E-state index is 5.43. The molecular weight excluding hydrogens is 108 g/mol. The van der Waals surface area contributed by atoms with Gasteiger partial charge >= 0.3 is 0 Å². The third-order valence-electron chi connectivity index (χ3n) is 1.66. The molecule has 1 unspecified atom stereocenters. The normalized spacial score (nSPS) is 32.6. The zero-order chi connectivity index (χ0) is 6.74. The lowest BCUT2D eigenvalue weighted by Gasteiger charge is -2.20. The van der Waals surface area contributed by atoms with Crippen molar-refractivity contribution in [2.75, 3.05) is 0 Å². The molecule has 1 radical (unpaired) electrons. The van der Waals surface area contributed by atoms with Gasteiger partial charge < -0.3 is 0 Å². The molecule has 0 nitrogen and oxygen atoms in total. The van der Waals surface area contributed by atoms with Crippen molar-refractivity contribution in [3.05, 3.63) is 37.0 Å². The van der Waals surface area contributed by atoms with Crippen LogP contribution in [0.2, 0.25) is 0 Å². The molecule has 0 heteroatoms. The maximum absolute atomic E-state index is 5.43. The van der Waals surface area contributed by atoms with Gasteiger partial charge in [-0.05, 0) is 6.42 Å². The summed E-state index contributed by atoms with van der Waals surface area (Å²) in [5.41, 5.74) is 0.106. The molecule has 47 valence electrons. The SMILES string of the molecule is [CH]=CC1(C)C=CC=CC1. The van der Waals surface area contributed by atoms with Gasteiger partial charge in [0.25, 0.3) is 0 Å². The summed E-state index contributed by atoms with van der Waals surface area (Å²) in [5, 5.41) is 0. The first-order valence-corrected chi connectivity index (χ1v) is 3.17. The Morgan fingerprint density at radius 2 is 2.33 bits per heavy atom. The molecule has 0 heterocycles. The van der Waals surface area contributed by atoms with Gasteiger partial charge in [-0.25, -0.2) is 0 Å². The number of allylic oxidation sites excluding steroid dienone is 5. The highest BCUT2D eigenvalue weighted by Crippen LogP contribution is 2.27. The van der Waals surface area contributed by atoms with Crippen LogP contribution >= 0.6 is 0 Å². The molecule has 0 fully saturated rings. The lowest BCUT2D eigenvalue weighted by Crippen LogP contribution is -2.08. The number of rotatable bonds is 1. The van der Waals surface area contributed by atoms with Gasteiger partial charge in [0.05, 0.1) is 0 Å². The lowest BCUT2D eigenvalue weighted by atomic mass is 9.84. The minimum absolute atomic E-state index is 0.106. The number of hydrogen-bond donors (Lipinski definition) is 0. The Bertz CT molecular complexity index is 163. The van der Waals surface area contributed by atoms with Crippen molar-refractivity contribution < 1.29 is 0 Å². The molecule has 0 aliphatic heterocycles. The monoisotopic (exact) mass is 119 g/mol. The molecule has 1 aliphatic rings. The van der Waals surface area contributed by atoms with Gasteiger partial charge in [-0.2, -0.15) is 0 Å². The Morgan fingerprint density at radius 1 is 1.56 bits per heavy atom. The summed E-state index contributed by atoms with van der Waals surface area (Å²) < 4.78 is 0. The Hall–Kier alpha value is -0.780. The van der Waals surface area contributed by atoms with E-state index in [4.69, 9.17) is 6.58 Å². The summed E-state index contributed by atoms with van der Waals surface area (Å²) >= 11 is 0. The van der Waals surface area contributed by atoms with Crippen LogP contribution in [-0.2, 0) is 0 Å². The van der Waals surface area contributed by atoms with Crippen LogP contribution in [0.4, 0.5) is 0 Å². The van der Waals surface area contributed by atoms with Crippen molar-refractivity contribution >= 4 is 0 Å². The van der Waals surface area contributed by atoms with Crippen LogP contribution in [0.15, 0.2) is 30.4 Å². The van der Waals surface area contributed by atoms with Gasteiger partial charge in [-0.3, -0.25) is 0 Å². The molecular formula is C9H11. The fourth-order valence-electron chi connectivity index (χ4n) is 0.868. The summed E-state index contributed by atoms with van der Waals surface area (Å²) in [4.78, 5) is 0. The van der Waals surface area contributed by atoms with Crippen molar-refractivity contribution in [1.29, 1.82) is 0 Å². The molecule has 0 bridgehead atoms. The van der Waals surface area contributed by atoms with Gasteiger partial charge in [-0.15, -0.1) is 0 Å². The molecule has 0 saturated heterocycles. The molecule has 0 aromatic rings. The molecule has 0 aromatic heterocycles. The largest absolute Gasteiger partial charge is 0.0834 e. The maximum Gasteiger partial charge on any atom is 0.00734 e. The van der Waals surface area contributed by atoms with E-state index in [1.807, 2.05) is 12.2 Å². The topological polar surface area (TPSA) is 0 Å². The highest BCUT2D eigenvalue weighted by Gasteiger charge is 2.14. The highest BCUT2D eigenvalue weighted by atomic mass is 14.2. The predicted octanol–water partition coefficient (Wildman–Crippen LogP) is 2.50. The zero-order valence-corrected chi connectivity index (χ0v) is 5.67. The van der Waals surface area contributed by atoms with Gasteiger partial charge in [0.1, 0.15) is 0 Å². The minimum Gasteiger partial charge on any atom is -0.0834 e. The molecule has 1 atom stereocenters. The average molecular weight is 119 g/mol. The average Bonchev–Trinajstić information content (AvgIpc) is 1.90. The van der Waals surface area contributed by atoms with E-state index in [9.17, 15) is 0 Å². The van der Waals surface area contributed by atoms with E-state index in [0.717, 1.165) is 6.42 Å². The standard InChI is InChI=1S/C9H11/c1-3-9(2)7-5-4-6-8-9/h1,3-7H,8H2,2H3.